The van der Waals surface area contributed by atoms with Crippen LogP contribution in [0, 0.1) is 3.57 Å². The third-order valence-corrected chi connectivity index (χ3v) is 4.98. The van der Waals surface area contributed by atoms with Crippen LogP contribution >= 0.6 is 34.2 Å². The fraction of sp³-hybridized carbons (Fsp3) is 0.0667. The van der Waals surface area contributed by atoms with E-state index in [0.717, 1.165) is 9.64 Å². The van der Waals surface area contributed by atoms with Crippen LogP contribution < -0.4 is 10.5 Å². The second-order valence-electron chi connectivity index (χ2n) is 4.82. The van der Waals surface area contributed by atoms with Gasteiger partial charge in [0.15, 0.2) is 6.61 Å². The number of carbonyl (C=O) groups excluding carboxylic acids is 2. The molecule has 0 unspecified atom stereocenters. The summed E-state index contributed by atoms with van der Waals surface area (Å²) in [5, 5.41) is 7.48. The number of benzene rings is 2. The Hall–Kier alpha value is -1.69. The molecule has 25 heavy (non-hydrogen) atoms. The lowest BCUT2D eigenvalue weighted by atomic mass is 10.2. The van der Waals surface area contributed by atoms with E-state index in [1.807, 2.05) is 6.07 Å². The van der Waals surface area contributed by atoms with Crippen LogP contribution in [-0.4, -0.2) is 26.9 Å². The van der Waals surface area contributed by atoms with E-state index in [0.29, 0.717) is 5.69 Å². The Morgan fingerprint density at radius 3 is 2.56 bits per heavy atom. The van der Waals surface area contributed by atoms with Gasteiger partial charge in [-0.15, -0.1) is 0 Å². The van der Waals surface area contributed by atoms with Crippen molar-refractivity contribution in [1.29, 1.82) is 0 Å². The third-order valence-electron chi connectivity index (χ3n) is 2.92. The van der Waals surface area contributed by atoms with Crippen molar-refractivity contribution in [3.63, 3.8) is 0 Å². The molecule has 0 bridgehead atoms. The van der Waals surface area contributed by atoms with E-state index in [-0.39, 0.29) is 10.6 Å². The first-order valence-corrected chi connectivity index (χ1v) is 9.72. The van der Waals surface area contributed by atoms with Crippen molar-refractivity contribution < 1.29 is 22.7 Å². The van der Waals surface area contributed by atoms with E-state index in [9.17, 15) is 18.0 Å². The molecule has 2 aromatic carbocycles. The van der Waals surface area contributed by atoms with Gasteiger partial charge in [0.2, 0.25) is 10.0 Å². The zero-order valence-electron chi connectivity index (χ0n) is 12.5. The number of hydrogen-bond acceptors (Lipinski definition) is 5. The molecule has 0 aliphatic heterocycles. The molecular formula is C15H12ClIN2O5S. The number of halogens is 2. The van der Waals surface area contributed by atoms with Gasteiger partial charge >= 0.3 is 5.97 Å². The number of sulfonamides is 1. The first-order valence-electron chi connectivity index (χ1n) is 6.72. The highest BCUT2D eigenvalue weighted by Gasteiger charge is 2.18. The van der Waals surface area contributed by atoms with Gasteiger partial charge in [0.05, 0.1) is 10.6 Å². The van der Waals surface area contributed by atoms with Crippen LogP contribution in [0.3, 0.4) is 0 Å². The normalized spacial score (nSPS) is 11.0. The minimum atomic E-state index is -4.09. The maximum Gasteiger partial charge on any atom is 0.338 e. The molecule has 0 radical (unpaired) electrons. The second-order valence-corrected chi connectivity index (χ2v) is 8.01. The molecule has 0 aromatic heterocycles. The zero-order valence-corrected chi connectivity index (χ0v) is 16.3. The summed E-state index contributed by atoms with van der Waals surface area (Å²) in [6, 6.07) is 10.6. The summed E-state index contributed by atoms with van der Waals surface area (Å²) in [6.45, 7) is -0.530. The minimum Gasteiger partial charge on any atom is -0.452 e. The van der Waals surface area contributed by atoms with Crippen LogP contribution in [0.25, 0.3) is 0 Å². The van der Waals surface area contributed by atoms with Gasteiger partial charge in [0, 0.05) is 9.26 Å². The average molecular weight is 495 g/mol. The molecule has 0 atom stereocenters. The van der Waals surface area contributed by atoms with E-state index < -0.39 is 33.4 Å². The molecule has 3 N–H and O–H groups in total. The lowest BCUT2D eigenvalue weighted by molar-refractivity contribution is -0.119. The number of esters is 1. The van der Waals surface area contributed by atoms with E-state index in [4.69, 9.17) is 21.5 Å². The van der Waals surface area contributed by atoms with Crippen molar-refractivity contribution in [3.05, 3.63) is 56.6 Å². The van der Waals surface area contributed by atoms with Crippen molar-refractivity contribution in [3.8, 4) is 0 Å². The molecule has 132 valence electrons. The number of primary sulfonamides is 1. The van der Waals surface area contributed by atoms with Crippen LogP contribution in [0.2, 0.25) is 5.02 Å². The standard InChI is InChI=1S/C15H12ClIN2O5S/c16-12-5-4-9(6-13(12)25(18,22)23)15(21)24-8-14(20)19-11-3-1-2-10(17)7-11/h1-7H,8H2,(H,19,20)(H2,18,22,23). The Kier molecular flexibility index (Phi) is 6.38. The smallest absolute Gasteiger partial charge is 0.338 e. The van der Waals surface area contributed by atoms with Crippen molar-refractivity contribution >= 4 is 61.8 Å². The van der Waals surface area contributed by atoms with Crippen LogP contribution in [-0.2, 0) is 19.6 Å². The molecule has 10 heteroatoms. The van der Waals surface area contributed by atoms with Gasteiger partial charge in [-0.1, -0.05) is 17.7 Å². The molecule has 7 nitrogen and oxygen atoms in total. The number of nitrogens with one attached hydrogen (secondary N) is 1. The first kappa shape index (κ1) is 19.6. The van der Waals surface area contributed by atoms with Crippen LogP contribution in [0.1, 0.15) is 10.4 Å². The van der Waals surface area contributed by atoms with E-state index in [1.54, 1.807) is 18.2 Å². The fourth-order valence-corrected chi connectivity index (χ4v) is 3.44. The topological polar surface area (TPSA) is 116 Å². The summed E-state index contributed by atoms with van der Waals surface area (Å²) in [7, 11) is -4.09. The number of carbonyl (C=O) groups is 2. The fourth-order valence-electron chi connectivity index (χ4n) is 1.83. The number of ether oxygens (including phenoxy) is 1. The number of amides is 1. The third kappa shape index (κ3) is 5.66. The molecule has 0 spiro atoms. The highest BCUT2D eigenvalue weighted by Crippen LogP contribution is 2.22. The van der Waals surface area contributed by atoms with E-state index >= 15 is 0 Å². The Morgan fingerprint density at radius 2 is 1.92 bits per heavy atom. The molecule has 0 aliphatic rings. The van der Waals surface area contributed by atoms with Gasteiger partial charge in [0.25, 0.3) is 5.91 Å². The van der Waals surface area contributed by atoms with Gasteiger partial charge in [-0.2, -0.15) is 0 Å². The summed E-state index contributed by atoms with van der Waals surface area (Å²) in [6.07, 6.45) is 0. The molecule has 1 amide bonds. The second kappa shape index (κ2) is 8.13. The summed E-state index contributed by atoms with van der Waals surface area (Å²) < 4.78 is 28.6. The van der Waals surface area contributed by atoms with E-state index in [1.165, 1.54) is 12.1 Å². The Labute approximate surface area is 162 Å². The minimum absolute atomic E-state index is 0.0875. The lowest BCUT2D eigenvalue weighted by Gasteiger charge is -2.08. The summed E-state index contributed by atoms with van der Waals surface area (Å²) in [5.74, 6) is -1.41. The Morgan fingerprint density at radius 1 is 1.20 bits per heavy atom. The molecule has 0 saturated carbocycles. The lowest BCUT2D eigenvalue weighted by Crippen LogP contribution is -2.21. The van der Waals surface area contributed by atoms with Crippen LogP contribution in [0.15, 0.2) is 47.4 Å². The molecular weight excluding hydrogens is 483 g/mol. The Bertz CT molecular complexity index is 933. The van der Waals surface area contributed by atoms with Crippen LogP contribution in [0.4, 0.5) is 5.69 Å². The quantitative estimate of drug-likeness (QED) is 0.489. The zero-order chi connectivity index (χ0) is 18.6. The first-order chi connectivity index (χ1) is 11.7. The predicted octanol–water partition coefficient (Wildman–Crippen LogP) is 2.39. The molecule has 0 aliphatic carbocycles. The van der Waals surface area contributed by atoms with Gasteiger partial charge < -0.3 is 10.1 Å². The largest absolute Gasteiger partial charge is 0.452 e. The maximum absolute atomic E-state index is 12.0. The van der Waals surface area contributed by atoms with Gasteiger partial charge in [-0.05, 0) is 59.0 Å². The van der Waals surface area contributed by atoms with Crippen molar-refractivity contribution in [2.24, 2.45) is 5.14 Å². The highest BCUT2D eigenvalue weighted by atomic mass is 127. The number of hydrogen-bond donors (Lipinski definition) is 2. The highest BCUT2D eigenvalue weighted by molar-refractivity contribution is 14.1. The number of rotatable bonds is 5. The average Bonchev–Trinajstić information content (AvgIpc) is 2.52. The molecule has 0 saturated heterocycles. The molecule has 0 heterocycles. The summed E-state index contributed by atoms with van der Waals surface area (Å²) in [5.41, 5.74) is 0.478. The monoisotopic (exact) mass is 494 g/mol. The maximum atomic E-state index is 12.0. The molecule has 2 rings (SSSR count). The van der Waals surface area contributed by atoms with Crippen LogP contribution in [0.5, 0.6) is 0 Å². The van der Waals surface area contributed by atoms with Crippen molar-refractivity contribution in [1.82, 2.24) is 0 Å². The Balaban J connectivity index is 2.02. The number of nitrogens with two attached hydrogens (primary N) is 1. The van der Waals surface area contributed by atoms with Gasteiger partial charge in [-0.25, -0.2) is 18.4 Å². The predicted molar refractivity (Wildman–Crippen MR) is 101 cm³/mol. The SMILES string of the molecule is NS(=O)(=O)c1cc(C(=O)OCC(=O)Nc2cccc(I)c2)ccc1Cl. The van der Waals surface area contributed by atoms with E-state index in [2.05, 4.69) is 27.9 Å². The van der Waals surface area contributed by atoms with Crippen molar-refractivity contribution in [2.45, 2.75) is 4.90 Å². The molecule has 2 aromatic rings. The summed E-state index contributed by atoms with van der Waals surface area (Å²) >= 11 is 7.84. The van der Waals surface area contributed by atoms with Crippen molar-refractivity contribution in [2.75, 3.05) is 11.9 Å². The van der Waals surface area contributed by atoms with Gasteiger partial charge in [-0.3, -0.25) is 4.79 Å². The molecule has 0 fully saturated rings. The summed E-state index contributed by atoms with van der Waals surface area (Å²) in [4.78, 5) is 23.4. The number of anilines is 1. The van der Waals surface area contributed by atoms with Gasteiger partial charge in [0.1, 0.15) is 4.90 Å².